The quantitative estimate of drug-likeness (QED) is 0.657. The monoisotopic (exact) mass is 275 g/mol. The first-order valence-corrected chi connectivity index (χ1v) is 6.92. The number of nitrogens with one attached hydrogen (secondary N) is 1. The molecule has 1 aromatic rings. The van der Waals surface area contributed by atoms with Gasteiger partial charge in [-0.15, -0.1) is 0 Å². The number of nitro benzene ring substituents is 1. The van der Waals surface area contributed by atoms with Crippen LogP contribution in [0.4, 0.5) is 5.69 Å². The maximum Gasteiger partial charge on any atom is 0.269 e. The minimum atomic E-state index is -0.415. The van der Waals surface area contributed by atoms with Crippen molar-refractivity contribution < 1.29 is 9.72 Å². The van der Waals surface area contributed by atoms with E-state index in [0.29, 0.717) is 6.54 Å². The maximum atomic E-state index is 11.9. The summed E-state index contributed by atoms with van der Waals surface area (Å²) in [6.45, 7) is 1.10. The Kier molecular flexibility index (Phi) is 3.40. The molecule has 1 saturated heterocycles. The molecule has 1 N–H and O–H groups in total. The van der Waals surface area contributed by atoms with Crippen molar-refractivity contribution in [1.82, 2.24) is 10.2 Å². The van der Waals surface area contributed by atoms with Gasteiger partial charge in [0.25, 0.3) is 5.69 Å². The van der Waals surface area contributed by atoms with Crippen molar-refractivity contribution >= 4 is 11.6 Å². The van der Waals surface area contributed by atoms with Gasteiger partial charge in [0.15, 0.2) is 0 Å². The summed E-state index contributed by atoms with van der Waals surface area (Å²) >= 11 is 0. The van der Waals surface area contributed by atoms with E-state index in [2.05, 4.69) is 5.32 Å². The lowest BCUT2D eigenvalue weighted by Gasteiger charge is -2.24. The molecular formula is C14H17N3O3. The van der Waals surface area contributed by atoms with Crippen LogP contribution in [0.3, 0.4) is 0 Å². The zero-order valence-corrected chi connectivity index (χ0v) is 11.1. The van der Waals surface area contributed by atoms with Gasteiger partial charge in [-0.2, -0.15) is 0 Å². The number of nitrogens with zero attached hydrogens (tertiary/aromatic N) is 2. The molecule has 1 heterocycles. The predicted molar refractivity (Wildman–Crippen MR) is 72.9 cm³/mol. The Labute approximate surface area is 116 Å². The Hall–Kier alpha value is -1.95. The second kappa shape index (κ2) is 5.20. The number of non-ortho nitro benzene ring substituents is 1. The average molecular weight is 275 g/mol. The largest absolute Gasteiger partial charge is 0.322 e. The summed E-state index contributed by atoms with van der Waals surface area (Å²) in [5, 5.41) is 13.8. The van der Waals surface area contributed by atoms with Gasteiger partial charge in [-0.05, 0) is 30.0 Å². The molecule has 3 rings (SSSR count). The molecule has 1 aromatic carbocycles. The van der Waals surface area contributed by atoms with Crippen molar-refractivity contribution in [1.29, 1.82) is 0 Å². The van der Waals surface area contributed by atoms with E-state index in [9.17, 15) is 14.9 Å². The summed E-state index contributed by atoms with van der Waals surface area (Å²) in [5.74, 6) is 0.884. The SMILES string of the molecule is O=C1CNC(c2ccc([N+](=O)[O-])cc2)N1CCC1CC1. The predicted octanol–water partition coefficient (Wildman–Crippen LogP) is 1.83. The van der Waals surface area contributed by atoms with Gasteiger partial charge >= 0.3 is 0 Å². The number of amides is 1. The third-order valence-electron chi connectivity index (χ3n) is 3.97. The second-order valence-electron chi connectivity index (χ2n) is 5.45. The van der Waals surface area contributed by atoms with Crippen molar-refractivity contribution in [2.24, 2.45) is 5.92 Å². The topological polar surface area (TPSA) is 75.5 Å². The van der Waals surface area contributed by atoms with Crippen LogP contribution in [-0.2, 0) is 4.79 Å². The molecule has 1 atom stereocenters. The van der Waals surface area contributed by atoms with Crippen LogP contribution in [0.1, 0.15) is 31.0 Å². The molecule has 20 heavy (non-hydrogen) atoms. The first-order valence-electron chi connectivity index (χ1n) is 6.92. The normalized spacial score (nSPS) is 22.3. The molecule has 1 aliphatic carbocycles. The van der Waals surface area contributed by atoms with Crippen molar-refractivity contribution in [3.05, 3.63) is 39.9 Å². The van der Waals surface area contributed by atoms with Gasteiger partial charge in [-0.25, -0.2) is 0 Å². The summed E-state index contributed by atoms with van der Waals surface area (Å²) in [4.78, 5) is 24.0. The Morgan fingerprint density at radius 1 is 1.30 bits per heavy atom. The van der Waals surface area contributed by atoms with Crippen molar-refractivity contribution in [2.75, 3.05) is 13.1 Å². The number of hydrogen-bond donors (Lipinski definition) is 1. The summed E-state index contributed by atoms with van der Waals surface area (Å²) in [6.07, 6.45) is 3.45. The standard InChI is InChI=1S/C14H17N3O3/c18-13-9-15-14(16(13)8-7-10-1-2-10)11-3-5-12(6-4-11)17(19)20/h3-6,10,14-15H,1-2,7-9H2. The zero-order valence-electron chi connectivity index (χ0n) is 11.1. The maximum absolute atomic E-state index is 11.9. The fraction of sp³-hybridized carbons (Fsp3) is 0.500. The Morgan fingerprint density at radius 2 is 2.00 bits per heavy atom. The number of carbonyl (C=O) groups excluding carboxylic acids is 1. The fourth-order valence-corrected chi connectivity index (χ4v) is 2.60. The van der Waals surface area contributed by atoms with E-state index in [1.165, 1.54) is 25.0 Å². The van der Waals surface area contributed by atoms with Gasteiger partial charge in [-0.3, -0.25) is 20.2 Å². The highest BCUT2D eigenvalue weighted by Crippen LogP contribution is 2.34. The molecule has 6 nitrogen and oxygen atoms in total. The summed E-state index contributed by atoms with van der Waals surface area (Å²) in [6, 6.07) is 6.41. The van der Waals surface area contributed by atoms with Crippen LogP contribution in [0.25, 0.3) is 0 Å². The second-order valence-corrected chi connectivity index (χ2v) is 5.45. The highest BCUT2D eigenvalue weighted by atomic mass is 16.6. The molecule has 0 bridgehead atoms. The van der Waals surface area contributed by atoms with Gasteiger partial charge in [0.1, 0.15) is 6.17 Å². The van der Waals surface area contributed by atoms with Crippen molar-refractivity contribution in [3.8, 4) is 0 Å². The van der Waals surface area contributed by atoms with Crippen molar-refractivity contribution in [2.45, 2.75) is 25.4 Å². The highest BCUT2D eigenvalue weighted by Gasteiger charge is 2.33. The highest BCUT2D eigenvalue weighted by molar-refractivity contribution is 5.80. The van der Waals surface area contributed by atoms with E-state index in [0.717, 1.165) is 24.4 Å². The Balaban J connectivity index is 1.72. The molecule has 2 aliphatic rings. The van der Waals surface area contributed by atoms with E-state index in [4.69, 9.17) is 0 Å². The lowest BCUT2D eigenvalue weighted by molar-refractivity contribution is -0.384. The lowest BCUT2D eigenvalue weighted by Crippen LogP contribution is -2.31. The van der Waals surface area contributed by atoms with Gasteiger partial charge in [0, 0.05) is 18.7 Å². The summed E-state index contributed by atoms with van der Waals surface area (Å²) in [7, 11) is 0. The van der Waals surface area contributed by atoms with Crippen LogP contribution in [0.5, 0.6) is 0 Å². The zero-order chi connectivity index (χ0) is 14.1. The van der Waals surface area contributed by atoms with Crippen molar-refractivity contribution in [3.63, 3.8) is 0 Å². The smallest absolute Gasteiger partial charge is 0.269 e. The average Bonchev–Trinajstić information content (AvgIpc) is 3.20. The third-order valence-corrected chi connectivity index (χ3v) is 3.97. The number of hydrogen-bond acceptors (Lipinski definition) is 4. The minimum absolute atomic E-state index is 0.0719. The molecule has 0 radical (unpaired) electrons. The first kappa shape index (κ1) is 13.1. The fourth-order valence-electron chi connectivity index (χ4n) is 2.60. The molecule has 0 aromatic heterocycles. The van der Waals surface area contributed by atoms with Crippen LogP contribution in [0.15, 0.2) is 24.3 Å². The molecule has 0 spiro atoms. The Bertz CT molecular complexity index is 525. The lowest BCUT2D eigenvalue weighted by atomic mass is 10.1. The van der Waals surface area contributed by atoms with Gasteiger partial charge in [0.2, 0.25) is 5.91 Å². The molecular weight excluding hydrogens is 258 g/mol. The molecule has 1 amide bonds. The summed E-state index contributed by atoms with van der Waals surface area (Å²) in [5.41, 5.74) is 0.972. The van der Waals surface area contributed by atoms with E-state index in [-0.39, 0.29) is 17.8 Å². The van der Waals surface area contributed by atoms with E-state index >= 15 is 0 Å². The number of nitro groups is 1. The molecule has 1 unspecified atom stereocenters. The number of rotatable bonds is 5. The van der Waals surface area contributed by atoms with Crippen LogP contribution < -0.4 is 5.32 Å². The number of benzene rings is 1. The summed E-state index contributed by atoms with van der Waals surface area (Å²) < 4.78 is 0. The van der Waals surface area contributed by atoms with Crippen LogP contribution >= 0.6 is 0 Å². The first-order chi connectivity index (χ1) is 9.65. The third kappa shape index (κ3) is 2.65. The Morgan fingerprint density at radius 3 is 2.60 bits per heavy atom. The molecule has 6 heteroatoms. The van der Waals surface area contributed by atoms with E-state index < -0.39 is 4.92 Å². The van der Waals surface area contributed by atoms with E-state index in [1.54, 1.807) is 12.1 Å². The van der Waals surface area contributed by atoms with Gasteiger partial charge in [-0.1, -0.05) is 12.8 Å². The van der Waals surface area contributed by atoms with Crippen LogP contribution in [0, 0.1) is 16.0 Å². The molecule has 1 aliphatic heterocycles. The minimum Gasteiger partial charge on any atom is -0.322 e. The van der Waals surface area contributed by atoms with E-state index in [1.807, 2.05) is 4.90 Å². The molecule has 106 valence electrons. The van der Waals surface area contributed by atoms with Gasteiger partial charge in [0.05, 0.1) is 11.5 Å². The number of carbonyl (C=O) groups is 1. The molecule has 2 fully saturated rings. The van der Waals surface area contributed by atoms with Gasteiger partial charge < -0.3 is 4.90 Å². The van der Waals surface area contributed by atoms with Crippen LogP contribution in [-0.4, -0.2) is 28.8 Å². The van der Waals surface area contributed by atoms with Crippen LogP contribution in [0.2, 0.25) is 0 Å². The molecule has 1 saturated carbocycles.